The molecule has 3 N–H and O–H groups in total. The number of benzene rings is 1. The molecule has 3 amide bonds. The first-order chi connectivity index (χ1) is 9.06. The Balaban J connectivity index is 2.53. The molecule has 0 saturated carbocycles. The average molecular weight is 265 g/mol. The maximum atomic E-state index is 11.6. The highest BCUT2D eigenvalue weighted by atomic mass is 16.5. The smallest absolute Gasteiger partial charge is 0.321 e. The monoisotopic (exact) mass is 265 g/mol. The number of nitrogens with one attached hydrogen (secondary N) is 3. The summed E-state index contributed by atoms with van der Waals surface area (Å²) < 4.78 is 5.44. The van der Waals surface area contributed by atoms with Gasteiger partial charge in [0.05, 0.1) is 0 Å². The lowest BCUT2D eigenvalue weighted by Gasteiger charge is -2.14. The third kappa shape index (κ3) is 4.97. The van der Waals surface area contributed by atoms with Crippen LogP contribution in [-0.4, -0.2) is 32.1 Å². The van der Waals surface area contributed by atoms with Gasteiger partial charge >= 0.3 is 6.03 Å². The third-order valence-electron chi connectivity index (χ3n) is 2.45. The van der Waals surface area contributed by atoms with Crippen molar-refractivity contribution in [2.75, 3.05) is 14.1 Å². The maximum absolute atomic E-state index is 11.6. The van der Waals surface area contributed by atoms with Crippen LogP contribution in [0.3, 0.4) is 0 Å². The van der Waals surface area contributed by atoms with Crippen LogP contribution in [-0.2, 0) is 11.3 Å². The SMILES string of the molecule is CNCc1ccc(OC(C)C(=O)NC(=O)NC)cc1. The van der Waals surface area contributed by atoms with E-state index in [1.807, 2.05) is 19.2 Å². The molecule has 6 nitrogen and oxygen atoms in total. The molecule has 0 fully saturated rings. The van der Waals surface area contributed by atoms with Gasteiger partial charge in [-0.15, -0.1) is 0 Å². The summed E-state index contributed by atoms with van der Waals surface area (Å²) in [5.41, 5.74) is 1.12. The molecule has 19 heavy (non-hydrogen) atoms. The number of rotatable bonds is 5. The molecule has 0 saturated heterocycles. The van der Waals surface area contributed by atoms with Gasteiger partial charge in [-0.1, -0.05) is 12.1 Å². The predicted octanol–water partition coefficient (Wildman–Crippen LogP) is 0.629. The number of hydrogen-bond acceptors (Lipinski definition) is 4. The van der Waals surface area contributed by atoms with Gasteiger partial charge in [-0.25, -0.2) is 4.79 Å². The van der Waals surface area contributed by atoms with Gasteiger partial charge in [0, 0.05) is 13.6 Å². The molecular weight excluding hydrogens is 246 g/mol. The second kappa shape index (κ2) is 7.38. The molecule has 0 spiro atoms. The van der Waals surface area contributed by atoms with E-state index >= 15 is 0 Å². The van der Waals surface area contributed by atoms with Crippen molar-refractivity contribution < 1.29 is 14.3 Å². The van der Waals surface area contributed by atoms with Gasteiger partial charge in [0.1, 0.15) is 5.75 Å². The molecule has 0 aliphatic carbocycles. The molecule has 0 aliphatic heterocycles. The van der Waals surface area contributed by atoms with Crippen molar-refractivity contribution in [2.24, 2.45) is 0 Å². The molecule has 1 atom stereocenters. The molecule has 0 radical (unpaired) electrons. The van der Waals surface area contributed by atoms with Crippen LogP contribution < -0.4 is 20.7 Å². The zero-order chi connectivity index (χ0) is 14.3. The zero-order valence-electron chi connectivity index (χ0n) is 11.3. The molecule has 1 aromatic carbocycles. The summed E-state index contributed by atoms with van der Waals surface area (Å²) in [4.78, 5) is 22.6. The van der Waals surface area contributed by atoms with Gasteiger partial charge in [-0.2, -0.15) is 0 Å². The van der Waals surface area contributed by atoms with Crippen molar-refractivity contribution in [3.63, 3.8) is 0 Å². The van der Waals surface area contributed by atoms with E-state index in [4.69, 9.17) is 4.74 Å². The largest absolute Gasteiger partial charge is 0.481 e. The van der Waals surface area contributed by atoms with Crippen molar-refractivity contribution in [1.29, 1.82) is 0 Å². The van der Waals surface area contributed by atoms with Crippen molar-refractivity contribution in [2.45, 2.75) is 19.6 Å². The first kappa shape index (κ1) is 15.0. The lowest BCUT2D eigenvalue weighted by molar-refractivity contribution is -0.126. The lowest BCUT2D eigenvalue weighted by Crippen LogP contribution is -2.43. The Kier molecular flexibility index (Phi) is 5.81. The van der Waals surface area contributed by atoms with Gasteiger partial charge < -0.3 is 15.4 Å². The van der Waals surface area contributed by atoms with E-state index in [1.54, 1.807) is 19.1 Å². The summed E-state index contributed by atoms with van der Waals surface area (Å²) in [7, 11) is 3.31. The van der Waals surface area contributed by atoms with Crippen LogP contribution in [0, 0.1) is 0 Å². The van der Waals surface area contributed by atoms with Crippen LogP contribution in [0.15, 0.2) is 24.3 Å². The number of imide groups is 1. The minimum Gasteiger partial charge on any atom is -0.481 e. The van der Waals surface area contributed by atoms with Crippen molar-refractivity contribution in [1.82, 2.24) is 16.0 Å². The van der Waals surface area contributed by atoms with E-state index in [-0.39, 0.29) is 0 Å². The first-order valence-corrected chi connectivity index (χ1v) is 5.99. The fourth-order valence-electron chi connectivity index (χ4n) is 1.42. The summed E-state index contributed by atoms with van der Waals surface area (Å²) >= 11 is 0. The Labute approximate surface area is 112 Å². The Hall–Kier alpha value is -2.08. The third-order valence-corrected chi connectivity index (χ3v) is 2.45. The van der Waals surface area contributed by atoms with Crippen LogP contribution in [0.4, 0.5) is 4.79 Å². The number of amides is 3. The van der Waals surface area contributed by atoms with Crippen molar-refractivity contribution in [3.05, 3.63) is 29.8 Å². The highest BCUT2D eigenvalue weighted by Crippen LogP contribution is 2.13. The molecule has 0 aliphatic rings. The Bertz CT molecular complexity index is 431. The number of urea groups is 1. The van der Waals surface area contributed by atoms with Crippen LogP contribution in [0.5, 0.6) is 5.75 Å². The molecule has 104 valence electrons. The number of hydrogen-bond donors (Lipinski definition) is 3. The van der Waals surface area contributed by atoms with Crippen LogP contribution in [0.2, 0.25) is 0 Å². The molecule has 0 bridgehead atoms. The van der Waals surface area contributed by atoms with E-state index in [2.05, 4.69) is 16.0 Å². The number of carbonyl (C=O) groups excluding carboxylic acids is 2. The molecule has 1 unspecified atom stereocenters. The summed E-state index contributed by atoms with van der Waals surface area (Å²) in [5.74, 6) is 0.0954. The number of ether oxygens (including phenoxy) is 1. The summed E-state index contributed by atoms with van der Waals surface area (Å²) in [6.07, 6.45) is -0.743. The second-order valence-electron chi connectivity index (χ2n) is 4.00. The van der Waals surface area contributed by atoms with Crippen LogP contribution >= 0.6 is 0 Å². The maximum Gasteiger partial charge on any atom is 0.321 e. The normalized spacial score (nSPS) is 11.5. The van der Waals surface area contributed by atoms with E-state index in [9.17, 15) is 9.59 Å². The highest BCUT2D eigenvalue weighted by molar-refractivity contribution is 5.96. The van der Waals surface area contributed by atoms with Gasteiger partial charge in [-0.3, -0.25) is 10.1 Å². The quantitative estimate of drug-likeness (QED) is 0.729. The van der Waals surface area contributed by atoms with Crippen LogP contribution in [0.1, 0.15) is 12.5 Å². The summed E-state index contributed by atoms with van der Waals surface area (Å²) in [6, 6.07) is 6.85. The average Bonchev–Trinajstić information content (AvgIpc) is 2.41. The fraction of sp³-hybridized carbons (Fsp3) is 0.385. The van der Waals surface area contributed by atoms with E-state index < -0.39 is 18.0 Å². The summed E-state index contributed by atoms with van der Waals surface area (Å²) in [6.45, 7) is 2.35. The van der Waals surface area contributed by atoms with Gasteiger partial charge in [-0.05, 0) is 31.7 Å². The molecule has 0 heterocycles. The van der Waals surface area contributed by atoms with Gasteiger partial charge in [0.2, 0.25) is 0 Å². The second-order valence-corrected chi connectivity index (χ2v) is 4.00. The lowest BCUT2D eigenvalue weighted by atomic mass is 10.2. The minimum absolute atomic E-state index is 0.487. The fourth-order valence-corrected chi connectivity index (χ4v) is 1.42. The first-order valence-electron chi connectivity index (χ1n) is 5.99. The van der Waals surface area contributed by atoms with Crippen LogP contribution in [0.25, 0.3) is 0 Å². The Morgan fingerprint density at radius 1 is 1.21 bits per heavy atom. The highest BCUT2D eigenvalue weighted by Gasteiger charge is 2.16. The summed E-state index contributed by atoms with van der Waals surface area (Å²) in [5, 5.41) is 7.50. The number of carbonyl (C=O) groups is 2. The van der Waals surface area contributed by atoms with E-state index in [1.165, 1.54) is 7.05 Å². The van der Waals surface area contributed by atoms with Crippen molar-refractivity contribution in [3.8, 4) is 5.75 Å². The Morgan fingerprint density at radius 3 is 2.37 bits per heavy atom. The van der Waals surface area contributed by atoms with E-state index in [0.717, 1.165) is 12.1 Å². The standard InChI is InChI=1S/C13H19N3O3/c1-9(12(17)16-13(18)15-3)19-11-6-4-10(5-7-11)8-14-2/h4-7,9,14H,8H2,1-3H3,(H2,15,16,17,18). The molecule has 0 aromatic heterocycles. The molecular formula is C13H19N3O3. The minimum atomic E-state index is -0.743. The van der Waals surface area contributed by atoms with Gasteiger partial charge in [0.15, 0.2) is 6.10 Å². The van der Waals surface area contributed by atoms with Crippen molar-refractivity contribution >= 4 is 11.9 Å². The molecule has 6 heteroatoms. The molecule has 1 rings (SSSR count). The molecule has 1 aromatic rings. The Morgan fingerprint density at radius 2 is 1.84 bits per heavy atom. The zero-order valence-corrected chi connectivity index (χ0v) is 11.3. The predicted molar refractivity (Wildman–Crippen MR) is 71.9 cm³/mol. The topological polar surface area (TPSA) is 79.5 Å². The van der Waals surface area contributed by atoms with E-state index in [0.29, 0.717) is 5.75 Å². The van der Waals surface area contributed by atoms with Gasteiger partial charge in [0.25, 0.3) is 5.91 Å².